The molecule has 1 N–H and O–H groups in total. The van der Waals surface area contributed by atoms with Crippen LogP contribution in [0.1, 0.15) is 79.3 Å². The molecule has 2 atom stereocenters. The van der Waals surface area contributed by atoms with Gasteiger partial charge >= 0.3 is 0 Å². The highest BCUT2D eigenvalue weighted by atomic mass is 15.2. The summed E-state index contributed by atoms with van der Waals surface area (Å²) in [5.74, 6) is 0.803. The second-order valence-electron chi connectivity index (χ2n) is 9.64. The average Bonchev–Trinajstić information content (AvgIpc) is 3.11. The lowest BCUT2D eigenvalue weighted by Gasteiger charge is -2.37. The molecule has 0 saturated heterocycles. The molecular formula is C27H33N2+. The molecule has 150 valence electrons. The molecule has 0 radical (unpaired) electrons. The average molecular weight is 386 g/mol. The molecule has 1 aliphatic heterocycles. The predicted molar refractivity (Wildman–Crippen MR) is 119 cm³/mol. The molecule has 2 aromatic carbocycles. The third kappa shape index (κ3) is 3.04. The molecule has 0 amide bonds. The lowest BCUT2D eigenvalue weighted by Crippen LogP contribution is -3.12. The van der Waals surface area contributed by atoms with E-state index in [2.05, 4.69) is 53.1 Å². The van der Waals surface area contributed by atoms with Crippen LogP contribution in [0.15, 0.2) is 48.5 Å². The van der Waals surface area contributed by atoms with Crippen LogP contribution >= 0.6 is 0 Å². The van der Waals surface area contributed by atoms with Gasteiger partial charge in [0.05, 0.1) is 18.8 Å². The quantitative estimate of drug-likeness (QED) is 0.637. The largest absolute Gasteiger partial charge is 0.334 e. The molecule has 3 aliphatic rings. The summed E-state index contributed by atoms with van der Waals surface area (Å²) in [4.78, 5) is 1.78. The Hall–Kier alpha value is -2.06. The first kappa shape index (κ1) is 17.8. The summed E-state index contributed by atoms with van der Waals surface area (Å²) in [5.41, 5.74) is 7.99. The van der Waals surface area contributed by atoms with Crippen molar-refractivity contribution in [1.29, 1.82) is 0 Å². The van der Waals surface area contributed by atoms with Gasteiger partial charge < -0.3 is 9.47 Å². The second kappa shape index (κ2) is 7.32. The van der Waals surface area contributed by atoms with E-state index >= 15 is 0 Å². The number of benzene rings is 2. The molecule has 0 spiro atoms. The molecule has 1 unspecified atom stereocenters. The topological polar surface area (TPSA) is 9.37 Å². The number of nitrogens with one attached hydrogen (secondary N) is 1. The summed E-state index contributed by atoms with van der Waals surface area (Å²) in [7, 11) is 0. The SMILES string of the molecule is c1ccc(C[NH+]2CCn3c4c(c5cc(C6CCCCC6)ccc53)CCC[C@H]42)cc1. The van der Waals surface area contributed by atoms with E-state index in [0.717, 1.165) is 5.92 Å². The lowest BCUT2D eigenvalue weighted by atomic mass is 9.83. The van der Waals surface area contributed by atoms with E-state index in [4.69, 9.17) is 0 Å². The zero-order valence-corrected chi connectivity index (χ0v) is 17.5. The van der Waals surface area contributed by atoms with Gasteiger partial charge in [0.15, 0.2) is 0 Å². The third-order valence-corrected chi connectivity index (χ3v) is 7.99. The van der Waals surface area contributed by atoms with Crippen LogP contribution in [0.4, 0.5) is 0 Å². The van der Waals surface area contributed by atoms with E-state index in [1.807, 2.05) is 0 Å². The molecule has 2 nitrogen and oxygen atoms in total. The van der Waals surface area contributed by atoms with Crippen molar-refractivity contribution in [3.8, 4) is 0 Å². The Morgan fingerprint density at radius 1 is 0.897 bits per heavy atom. The Balaban J connectivity index is 1.39. The number of rotatable bonds is 3. The molecule has 1 fully saturated rings. The Morgan fingerprint density at radius 2 is 1.76 bits per heavy atom. The molecule has 2 heteroatoms. The van der Waals surface area contributed by atoms with Crippen LogP contribution in [0, 0.1) is 0 Å². The van der Waals surface area contributed by atoms with Gasteiger partial charge in [-0.25, -0.2) is 0 Å². The zero-order valence-electron chi connectivity index (χ0n) is 17.5. The van der Waals surface area contributed by atoms with E-state index in [-0.39, 0.29) is 0 Å². The first-order valence-electron chi connectivity index (χ1n) is 11.9. The highest BCUT2D eigenvalue weighted by Crippen LogP contribution is 2.40. The Bertz CT molecular complexity index is 1010. The van der Waals surface area contributed by atoms with Crippen LogP contribution in [0.5, 0.6) is 0 Å². The monoisotopic (exact) mass is 385 g/mol. The van der Waals surface area contributed by atoms with Gasteiger partial charge in [0.1, 0.15) is 12.6 Å². The van der Waals surface area contributed by atoms with Gasteiger partial charge in [0.25, 0.3) is 0 Å². The summed E-state index contributed by atoms with van der Waals surface area (Å²) in [5, 5.41) is 1.59. The maximum Gasteiger partial charge on any atom is 0.129 e. The number of aromatic nitrogens is 1. The predicted octanol–water partition coefficient (Wildman–Crippen LogP) is 5.17. The molecular weight excluding hydrogens is 352 g/mol. The van der Waals surface area contributed by atoms with Gasteiger partial charge in [-0.2, -0.15) is 0 Å². The number of nitrogens with zero attached hydrogens (tertiary/aromatic N) is 1. The van der Waals surface area contributed by atoms with E-state index in [1.54, 1.807) is 27.1 Å². The van der Waals surface area contributed by atoms with Crippen molar-refractivity contribution in [2.45, 2.75) is 76.4 Å². The van der Waals surface area contributed by atoms with Crippen molar-refractivity contribution >= 4 is 10.9 Å². The minimum Gasteiger partial charge on any atom is -0.334 e. The molecule has 2 aliphatic carbocycles. The Labute approximate surface area is 174 Å². The van der Waals surface area contributed by atoms with Crippen molar-refractivity contribution < 1.29 is 4.90 Å². The maximum absolute atomic E-state index is 2.70. The first-order valence-corrected chi connectivity index (χ1v) is 11.9. The third-order valence-electron chi connectivity index (χ3n) is 7.99. The Kier molecular flexibility index (Phi) is 4.49. The first-order chi connectivity index (χ1) is 14.4. The highest BCUT2D eigenvalue weighted by Gasteiger charge is 2.37. The van der Waals surface area contributed by atoms with Crippen molar-refractivity contribution in [3.05, 3.63) is 70.9 Å². The van der Waals surface area contributed by atoms with E-state index in [0.29, 0.717) is 6.04 Å². The molecule has 1 saturated carbocycles. The maximum atomic E-state index is 2.70. The fraction of sp³-hybridized carbons (Fsp3) is 0.481. The van der Waals surface area contributed by atoms with E-state index < -0.39 is 0 Å². The molecule has 1 aromatic heterocycles. The minimum atomic E-state index is 0.679. The number of fused-ring (bicyclic) bond motifs is 3. The van der Waals surface area contributed by atoms with Gasteiger partial charge in [-0.1, -0.05) is 55.7 Å². The van der Waals surface area contributed by atoms with Crippen LogP contribution in [-0.2, 0) is 19.5 Å². The van der Waals surface area contributed by atoms with Gasteiger partial charge in [0.2, 0.25) is 0 Å². The van der Waals surface area contributed by atoms with Crippen molar-refractivity contribution in [3.63, 3.8) is 0 Å². The van der Waals surface area contributed by atoms with Gasteiger partial charge in [-0.05, 0) is 54.9 Å². The van der Waals surface area contributed by atoms with Crippen LogP contribution in [0.25, 0.3) is 10.9 Å². The van der Waals surface area contributed by atoms with Crippen molar-refractivity contribution in [2.75, 3.05) is 6.54 Å². The van der Waals surface area contributed by atoms with Crippen molar-refractivity contribution in [1.82, 2.24) is 4.57 Å². The number of aryl methyl sites for hydroxylation is 1. The summed E-state index contributed by atoms with van der Waals surface area (Å²) < 4.78 is 2.70. The number of quaternary nitrogens is 1. The number of hydrogen-bond donors (Lipinski definition) is 1. The fourth-order valence-corrected chi connectivity index (χ4v) is 6.57. The summed E-state index contributed by atoms with van der Waals surface area (Å²) in [6, 6.07) is 19.3. The zero-order chi connectivity index (χ0) is 19.2. The molecule has 3 aromatic rings. The van der Waals surface area contributed by atoms with Gasteiger partial charge in [-0.3, -0.25) is 0 Å². The summed E-state index contributed by atoms with van der Waals surface area (Å²) in [6.07, 6.45) is 11.0. The normalized spacial score (nSPS) is 24.6. The van der Waals surface area contributed by atoms with E-state index in [9.17, 15) is 0 Å². The van der Waals surface area contributed by atoms with Crippen LogP contribution in [0.3, 0.4) is 0 Å². The molecule has 29 heavy (non-hydrogen) atoms. The van der Waals surface area contributed by atoms with Crippen LogP contribution in [0.2, 0.25) is 0 Å². The minimum absolute atomic E-state index is 0.679. The van der Waals surface area contributed by atoms with Crippen LogP contribution in [-0.4, -0.2) is 11.1 Å². The summed E-state index contributed by atoms with van der Waals surface area (Å²) in [6.45, 7) is 3.59. The van der Waals surface area contributed by atoms with Crippen molar-refractivity contribution in [2.24, 2.45) is 0 Å². The Morgan fingerprint density at radius 3 is 2.62 bits per heavy atom. The van der Waals surface area contributed by atoms with Gasteiger partial charge in [0, 0.05) is 22.9 Å². The standard InChI is InChI=1S/C27H32N2/c1-3-8-20(9-4-1)19-28-16-17-29-25-15-14-22(21-10-5-2-6-11-21)18-24(25)23-12-7-13-26(28)27(23)29/h1,3-4,8-9,14-15,18,21,26H,2,5-7,10-13,16-17,19H2/p+1/t26-/m1/s1. The summed E-state index contributed by atoms with van der Waals surface area (Å²) >= 11 is 0. The van der Waals surface area contributed by atoms with Gasteiger partial charge in [-0.15, -0.1) is 0 Å². The lowest BCUT2D eigenvalue weighted by molar-refractivity contribution is -0.950. The smallest absolute Gasteiger partial charge is 0.129 e. The van der Waals surface area contributed by atoms with E-state index in [1.165, 1.54) is 82.1 Å². The number of hydrogen-bond acceptors (Lipinski definition) is 0. The highest BCUT2D eigenvalue weighted by molar-refractivity contribution is 5.87. The molecule has 0 bridgehead atoms. The molecule has 2 heterocycles. The second-order valence-corrected chi connectivity index (χ2v) is 9.64. The molecule has 6 rings (SSSR count). The fourth-order valence-electron chi connectivity index (χ4n) is 6.57. The van der Waals surface area contributed by atoms with Crippen LogP contribution < -0.4 is 4.90 Å².